The number of nitrogens with zero attached hydrogens (tertiary/aromatic N) is 1. The van der Waals surface area contributed by atoms with E-state index in [1.54, 1.807) is 24.3 Å². The fourth-order valence-corrected chi connectivity index (χ4v) is 2.66. The van der Waals surface area contributed by atoms with Crippen LogP contribution >= 0.6 is 11.6 Å². The summed E-state index contributed by atoms with van der Waals surface area (Å²) >= 11 is 6.15. The number of benzene rings is 2. The van der Waals surface area contributed by atoms with Crippen LogP contribution in [0.5, 0.6) is 5.75 Å². The zero-order valence-corrected chi connectivity index (χ0v) is 15.4. The van der Waals surface area contributed by atoms with E-state index in [2.05, 4.69) is 14.7 Å². The maximum absolute atomic E-state index is 13.3. The zero-order valence-electron chi connectivity index (χ0n) is 14.7. The quantitative estimate of drug-likeness (QED) is 0.522. The Morgan fingerprint density at radius 2 is 1.70 bits per heavy atom. The summed E-state index contributed by atoms with van der Waals surface area (Å²) < 4.78 is 79.8. The Morgan fingerprint density at radius 3 is 2.33 bits per heavy atom. The Kier molecular flexibility index (Phi) is 5.80. The predicted molar refractivity (Wildman–Crippen MR) is 99.1 cm³/mol. The minimum atomic E-state index is -5.77. The average Bonchev–Trinajstić information content (AvgIpc) is 2.68. The van der Waals surface area contributed by atoms with E-state index in [-0.39, 0.29) is 10.9 Å². The second-order valence-corrected chi connectivity index (χ2v) is 6.47. The molecule has 0 bridgehead atoms. The number of fused-ring (bicyclic) bond motifs is 1. The lowest BCUT2D eigenvalue weighted by Crippen LogP contribution is -2.45. The summed E-state index contributed by atoms with van der Waals surface area (Å²) in [6, 6.07) is 10.8. The smallest absolute Gasteiger partial charge is 0.430 e. The topological polar surface area (TPSA) is 55.0 Å². The van der Waals surface area contributed by atoms with Crippen LogP contribution in [0.1, 0.15) is 11.4 Å². The Morgan fingerprint density at radius 1 is 1.07 bits per heavy atom. The van der Waals surface area contributed by atoms with Crippen LogP contribution in [0.3, 0.4) is 0 Å². The second kappa shape index (κ2) is 8.02. The monoisotopic (exact) mass is 448 g/mol. The summed E-state index contributed by atoms with van der Waals surface area (Å²) in [7, 11) is 0. The lowest BCUT2D eigenvalue weighted by Gasteiger charge is -2.23. The largest absolute Gasteiger partial charge is 0.439 e. The highest BCUT2D eigenvalue weighted by Gasteiger charge is 2.59. The highest BCUT2D eigenvalue weighted by molar-refractivity contribution is 6.50. The SMILES string of the molecule is O=c1[nH]c(/C(Cl)=C\c2ccc(OC(F)(F)[C@H](F)C(F)(F)F)cc2)nc2ccccc12. The number of aromatic amines is 1. The van der Waals surface area contributed by atoms with Crippen molar-refractivity contribution in [1.82, 2.24) is 9.97 Å². The van der Waals surface area contributed by atoms with E-state index in [9.17, 15) is 31.1 Å². The maximum atomic E-state index is 13.3. The number of hydrogen-bond donors (Lipinski definition) is 1. The van der Waals surface area contributed by atoms with Gasteiger partial charge in [0.25, 0.3) is 11.7 Å². The molecule has 0 aliphatic carbocycles. The Balaban J connectivity index is 1.81. The summed E-state index contributed by atoms with van der Waals surface area (Å²) in [6.07, 6.45) is -14.0. The molecule has 0 aliphatic heterocycles. The number of nitrogens with one attached hydrogen (secondary N) is 1. The Labute approximate surface area is 169 Å². The fraction of sp³-hybridized carbons (Fsp3) is 0.158. The molecule has 30 heavy (non-hydrogen) atoms. The van der Waals surface area contributed by atoms with E-state index >= 15 is 0 Å². The molecule has 0 unspecified atom stereocenters. The lowest BCUT2D eigenvalue weighted by molar-refractivity contribution is -0.304. The van der Waals surface area contributed by atoms with Crippen LogP contribution in [0, 0.1) is 0 Å². The number of para-hydroxylation sites is 1. The van der Waals surface area contributed by atoms with Gasteiger partial charge < -0.3 is 9.72 Å². The minimum Gasteiger partial charge on any atom is -0.430 e. The summed E-state index contributed by atoms with van der Waals surface area (Å²) in [5, 5.41) is 0.371. The van der Waals surface area contributed by atoms with E-state index in [1.165, 1.54) is 18.2 Å². The molecule has 0 saturated heterocycles. The van der Waals surface area contributed by atoms with Gasteiger partial charge in [-0.05, 0) is 35.9 Å². The van der Waals surface area contributed by atoms with Crippen LogP contribution in [-0.4, -0.2) is 28.4 Å². The minimum absolute atomic E-state index is 0.0118. The van der Waals surface area contributed by atoms with Gasteiger partial charge in [-0.15, -0.1) is 0 Å². The van der Waals surface area contributed by atoms with E-state index in [0.29, 0.717) is 16.5 Å². The van der Waals surface area contributed by atoms with Gasteiger partial charge in [0.15, 0.2) is 5.82 Å². The normalized spacial score (nSPS) is 14.0. The van der Waals surface area contributed by atoms with Gasteiger partial charge in [-0.2, -0.15) is 22.0 Å². The summed E-state index contributed by atoms with van der Waals surface area (Å²) in [5.74, 6) is -0.630. The maximum Gasteiger partial charge on any atom is 0.439 e. The second-order valence-electron chi connectivity index (χ2n) is 6.06. The number of alkyl halides is 6. The number of aromatic nitrogens is 2. The van der Waals surface area contributed by atoms with Gasteiger partial charge in [0.1, 0.15) is 5.75 Å². The molecule has 158 valence electrons. The van der Waals surface area contributed by atoms with Gasteiger partial charge in [-0.3, -0.25) is 4.79 Å². The van der Waals surface area contributed by atoms with Gasteiger partial charge in [-0.1, -0.05) is 35.9 Å². The molecule has 0 fully saturated rings. The molecule has 1 atom stereocenters. The molecule has 1 heterocycles. The average molecular weight is 449 g/mol. The fourth-order valence-electron chi connectivity index (χ4n) is 2.45. The highest BCUT2D eigenvalue weighted by atomic mass is 35.5. The molecule has 0 spiro atoms. The molecule has 0 radical (unpaired) electrons. The summed E-state index contributed by atoms with van der Waals surface area (Å²) in [4.78, 5) is 18.8. The molecule has 4 nitrogen and oxygen atoms in total. The van der Waals surface area contributed by atoms with Crippen LogP contribution in [0.2, 0.25) is 0 Å². The van der Waals surface area contributed by atoms with Gasteiger partial charge in [0, 0.05) is 0 Å². The summed E-state index contributed by atoms with van der Waals surface area (Å²) in [5.41, 5.74) is 0.317. The zero-order chi connectivity index (χ0) is 22.1. The van der Waals surface area contributed by atoms with Crippen molar-refractivity contribution < 1.29 is 31.1 Å². The van der Waals surface area contributed by atoms with Crippen LogP contribution in [-0.2, 0) is 0 Å². The first kappa shape index (κ1) is 21.7. The molecule has 0 saturated carbocycles. The highest BCUT2D eigenvalue weighted by Crippen LogP contribution is 2.36. The lowest BCUT2D eigenvalue weighted by atomic mass is 10.2. The molecule has 3 rings (SSSR count). The first-order valence-electron chi connectivity index (χ1n) is 8.22. The van der Waals surface area contributed by atoms with E-state index in [4.69, 9.17) is 11.6 Å². The van der Waals surface area contributed by atoms with E-state index in [0.717, 1.165) is 12.1 Å². The van der Waals surface area contributed by atoms with Crippen LogP contribution < -0.4 is 10.3 Å². The van der Waals surface area contributed by atoms with E-state index < -0.39 is 29.8 Å². The molecule has 2 aromatic carbocycles. The Bertz CT molecular complexity index is 1140. The number of rotatable bonds is 5. The first-order valence-corrected chi connectivity index (χ1v) is 8.59. The molecule has 0 amide bonds. The van der Waals surface area contributed by atoms with Crippen LogP contribution in [0.4, 0.5) is 26.3 Å². The number of hydrogen-bond acceptors (Lipinski definition) is 3. The Hall–Kier alpha value is -3.01. The van der Waals surface area contributed by atoms with Crippen LogP contribution in [0.25, 0.3) is 22.0 Å². The molecule has 3 aromatic rings. The van der Waals surface area contributed by atoms with E-state index in [1.807, 2.05) is 0 Å². The summed E-state index contributed by atoms with van der Waals surface area (Å²) in [6.45, 7) is 0. The van der Waals surface area contributed by atoms with Crippen molar-refractivity contribution in [3.63, 3.8) is 0 Å². The molecular weight excluding hydrogens is 438 g/mol. The van der Waals surface area contributed by atoms with Gasteiger partial charge in [0.2, 0.25) is 0 Å². The molecular formula is C19H11ClF6N2O2. The number of halogens is 7. The standard InChI is InChI=1S/C19H11ClF6N2O2/c20-13(15-27-14-4-2-1-3-12(14)16(29)28-15)9-10-5-7-11(8-6-10)30-19(25,26)17(21)18(22,23)24/h1-9,17H,(H,27,28,29)/b13-9+/t17-/m1/s1. The van der Waals surface area contributed by atoms with Gasteiger partial charge in [0.05, 0.1) is 15.9 Å². The third-order valence-electron chi connectivity index (χ3n) is 3.85. The molecule has 1 aromatic heterocycles. The third-order valence-corrected chi connectivity index (χ3v) is 4.14. The van der Waals surface area contributed by atoms with Crippen molar-refractivity contribution >= 4 is 33.6 Å². The first-order chi connectivity index (χ1) is 14.0. The third kappa shape index (κ3) is 4.76. The molecule has 1 N–H and O–H groups in total. The van der Waals surface area contributed by atoms with Crippen molar-refractivity contribution in [1.29, 1.82) is 0 Å². The van der Waals surface area contributed by atoms with Crippen LogP contribution in [0.15, 0.2) is 53.3 Å². The van der Waals surface area contributed by atoms with Crippen molar-refractivity contribution in [2.45, 2.75) is 18.5 Å². The van der Waals surface area contributed by atoms with Crippen molar-refractivity contribution in [2.75, 3.05) is 0 Å². The van der Waals surface area contributed by atoms with Gasteiger partial charge in [-0.25, -0.2) is 9.37 Å². The number of ether oxygens (including phenoxy) is 1. The number of H-pyrrole nitrogens is 1. The molecule has 11 heteroatoms. The predicted octanol–water partition coefficient (Wildman–Crippen LogP) is 5.53. The molecule has 0 aliphatic rings. The van der Waals surface area contributed by atoms with Crippen molar-refractivity contribution in [2.24, 2.45) is 0 Å². The van der Waals surface area contributed by atoms with Gasteiger partial charge >= 0.3 is 12.3 Å². The van der Waals surface area contributed by atoms with Crippen molar-refractivity contribution in [3.05, 3.63) is 70.3 Å². The van der Waals surface area contributed by atoms with Crippen molar-refractivity contribution in [3.8, 4) is 5.75 Å².